The molecule has 2 aromatic carbocycles. The van der Waals surface area contributed by atoms with Gasteiger partial charge in [0.25, 0.3) is 0 Å². The summed E-state index contributed by atoms with van der Waals surface area (Å²) >= 11 is 0. The molecule has 0 saturated heterocycles. The van der Waals surface area contributed by atoms with Crippen LogP contribution in [-0.4, -0.2) is 20.1 Å². The minimum Gasteiger partial charge on any atom is -0.351 e. The molecule has 0 heterocycles. The number of benzene rings is 2. The number of halogens is 1. The smallest absolute Gasteiger partial charge is 0.235 e. The molecular formula is C16H16FNO3S. The molecule has 0 aliphatic carbocycles. The molecule has 116 valence electrons. The van der Waals surface area contributed by atoms with E-state index in [-0.39, 0.29) is 18.1 Å². The van der Waals surface area contributed by atoms with Gasteiger partial charge in [-0.15, -0.1) is 0 Å². The second-order valence-electron chi connectivity index (χ2n) is 4.92. The van der Waals surface area contributed by atoms with Gasteiger partial charge in [-0.05, 0) is 23.3 Å². The zero-order valence-corrected chi connectivity index (χ0v) is 12.6. The maximum Gasteiger partial charge on any atom is 0.235 e. The number of carbonyl (C=O) groups excluding carboxylic acids is 1. The highest BCUT2D eigenvalue weighted by atomic mass is 32.2. The molecular weight excluding hydrogens is 305 g/mol. The molecule has 1 N–H and O–H groups in total. The quantitative estimate of drug-likeness (QED) is 0.886. The maximum atomic E-state index is 12.7. The van der Waals surface area contributed by atoms with Crippen LogP contribution in [0.4, 0.5) is 4.39 Å². The van der Waals surface area contributed by atoms with Crippen molar-refractivity contribution in [3.05, 3.63) is 71.5 Å². The summed E-state index contributed by atoms with van der Waals surface area (Å²) in [6.07, 6.45) is 0. The van der Waals surface area contributed by atoms with E-state index >= 15 is 0 Å². The summed E-state index contributed by atoms with van der Waals surface area (Å²) in [6.45, 7) is 0.167. The fraction of sp³-hybridized carbons (Fsp3) is 0.188. The summed E-state index contributed by atoms with van der Waals surface area (Å²) in [7, 11) is -3.52. The molecule has 0 aliphatic rings. The average molecular weight is 321 g/mol. The van der Waals surface area contributed by atoms with Crippen LogP contribution < -0.4 is 5.32 Å². The second kappa shape index (κ2) is 7.17. The molecule has 0 spiro atoms. The Balaban J connectivity index is 1.86. The van der Waals surface area contributed by atoms with Crippen LogP contribution in [0.1, 0.15) is 11.1 Å². The van der Waals surface area contributed by atoms with Gasteiger partial charge >= 0.3 is 0 Å². The third-order valence-electron chi connectivity index (χ3n) is 2.98. The molecule has 0 bridgehead atoms. The van der Waals surface area contributed by atoms with Gasteiger partial charge in [0, 0.05) is 6.54 Å². The average Bonchev–Trinajstić information content (AvgIpc) is 2.46. The van der Waals surface area contributed by atoms with E-state index in [0.29, 0.717) is 11.1 Å². The Bertz CT molecular complexity index is 728. The first kappa shape index (κ1) is 16.2. The number of sulfone groups is 1. The maximum absolute atomic E-state index is 12.7. The molecule has 0 fully saturated rings. The highest BCUT2D eigenvalue weighted by Gasteiger charge is 2.17. The van der Waals surface area contributed by atoms with E-state index in [0.717, 1.165) is 0 Å². The largest absolute Gasteiger partial charge is 0.351 e. The van der Waals surface area contributed by atoms with Crippen molar-refractivity contribution in [1.29, 1.82) is 0 Å². The van der Waals surface area contributed by atoms with Gasteiger partial charge in [-0.2, -0.15) is 0 Å². The van der Waals surface area contributed by atoms with E-state index in [4.69, 9.17) is 0 Å². The Morgan fingerprint density at radius 3 is 2.23 bits per heavy atom. The number of nitrogens with one attached hydrogen (secondary N) is 1. The minimum absolute atomic E-state index is 0.167. The summed E-state index contributed by atoms with van der Waals surface area (Å²) in [4.78, 5) is 11.7. The molecule has 2 aromatic rings. The predicted molar refractivity (Wildman–Crippen MR) is 82.2 cm³/mol. The summed E-state index contributed by atoms with van der Waals surface area (Å²) in [5.41, 5.74) is 1.35. The monoisotopic (exact) mass is 321 g/mol. The van der Waals surface area contributed by atoms with Crippen molar-refractivity contribution in [3.63, 3.8) is 0 Å². The summed E-state index contributed by atoms with van der Waals surface area (Å²) in [5.74, 6) is -1.67. The summed E-state index contributed by atoms with van der Waals surface area (Å²) in [5, 5.41) is 2.52. The lowest BCUT2D eigenvalue weighted by molar-refractivity contribution is -0.118. The Labute approximate surface area is 128 Å². The van der Waals surface area contributed by atoms with Crippen LogP contribution in [0.25, 0.3) is 0 Å². The number of hydrogen-bond acceptors (Lipinski definition) is 3. The summed E-state index contributed by atoms with van der Waals surface area (Å²) in [6, 6.07) is 14.3. The molecule has 1 amide bonds. The Hall–Kier alpha value is -2.21. The lowest BCUT2D eigenvalue weighted by Crippen LogP contribution is -2.30. The van der Waals surface area contributed by atoms with E-state index in [1.54, 1.807) is 30.3 Å². The standard InChI is InChI=1S/C16H16FNO3S/c17-15-8-6-13(7-9-15)10-18-16(19)12-22(20,21)11-14-4-2-1-3-5-14/h1-9H,10-12H2,(H,18,19). The predicted octanol–water partition coefficient (Wildman–Crippen LogP) is 2.06. The Morgan fingerprint density at radius 1 is 0.955 bits per heavy atom. The van der Waals surface area contributed by atoms with Crippen LogP contribution in [-0.2, 0) is 26.9 Å². The van der Waals surface area contributed by atoms with E-state index in [1.165, 1.54) is 24.3 Å². The van der Waals surface area contributed by atoms with Crippen LogP contribution >= 0.6 is 0 Å². The van der Waals surface area contributed by atoms with Crippen LogP contribution in [0.15, 0.2) is 54.6 Å². The van der Waals surface area contributed by atoms with Gasteiger partial charge in [-0.1, -0.05) is 42.5 Å². The lowest BCUT2D eigenvalue weighted by Gasteiger charge is -2.07. The third-order valence-corrected chi connectivity index (χ3v) is 4.46. The first-order valence-corrected chi connectivity index (χ1v) is 8.52. The van der Waals surface area contributed by atoms with Gasteiger partial charge < -0.3 is 5.32 Å². The lowest BCUT2D eigenvalue weighted by atomic mass is 10.2. The number of hydrogen-bond donors (Lipinski definition) is 1. The van der Waals surface area contributed by atoms with Gasteiger partial charge in [0.2, 0.25) is 5.91 Å². The van der Waals surface area contributed by atoms with Crippen LogP contribution in [0.3, 0.4) is 0 Å². The number of carbonyl (C=O) groups is 1. The minimum atomic E-state index is -3.52. The molecule has 0 radical (unpaired) electrons. The van der Waals surface area contributed by atoms with Crippen molar-refractivity contribution in [2.75, 3.05) is 5.75 Å². The molecule has 2 rings (SSSR count). The normalized spacial score (nSPS) is 11.1. The van der Waals surface area contributed by atoms with E-state index < -0.39 is 21.5 Å². The topological polar surface area (TPSA) is 63.2 Å². The molecule has 0 atom stereocenters. The van der Waals surface area contributed by atoms with Crippen molar-refractivity contribution >= 4 is 15.7 Å². The Morgan fingerprint density at radius 2 is 1.59 bits per heavy atom. The zero-order chi connectivity index (χ0) is 16.0. The Kier molecular flexibility index (Phi) is 5.27. The van der Waals surface area contributed by atoms with E-state index in [9.17, 15) is 17.6 Å². The van der Waals surface area contributed by atoms with Crippen LogP contribution in [0.5, 0.6) is 0 Å². The van der Waals surface area contributed by atoms with E-state index in [2.05, 4.69) is 5.32 Å². The van der Waals surface area contributed by atoms with Crippen molar-refractivity contribution in [2.24, 2.45) is 0 Å². The second-order valence-corrected chi connectivity index (χ2v) is 6.99. The fourth-order valence-corrected chi connectivity index (χ4v) is 3.24. The first-order valence-electron chi connectivity index (χ1n) is 6.70. The highest BCUT2D eigenvalue weighted by molar-refractivity contribution is 7.91. The molecule has 4 nitrogen and oxygen atoms in total. The molecule has 0 unspecified atom stereocenters. The van der Waals surface area contributed by atoms with Crippen molar-refractivity contribution in [2.45, 2.75) is 12.3 Å². The van der Waals surface area contributed by atoms with Crippen LogP contribution in [0, 0.1) is 5.82 Å². The molecule has 0 aromatic heterocycles. The van der Waals surface area contributed by atoms with Gasteiger partial charge in [0.15, 0.2) is 9.84 Å². The third kappa shape index (κ3) is 5.29. The molecule has 22 heavy (non-hydrogen) atoms. The summed E-state index contributed by atoms with van der Waals surface area (Å²) < 4.78 is 36.7. The van der Waals surface area contributed by atoms with Crippen molar-refractivity contribution in [1.82, 2.24) is 5.32 Å². The molecule has 6 heteroatoms. The van der Waals surface area contributed by atoms with E-state index in [1.807, 2.05) is 0 Å². The number of amides is 1. The molecule has 0 aliphatic heterocycles. The van der Waals surface area contributed by atoms with Gasteiger partial charge in [-0.3, -0.25) is 4.79 Å². The van der Waals surface area contributed by atoms with Crippen molar-refractivity contribution in [3.8, 4) is 0 Å². The first-order chi connectivity index (χ1) is 10.4. The fourth-order valence-electron chi connectivity index (χ4n) is 1.93. The molecule has 0 saturated carbocycles. The van der Waals surface area contributed by atoms with Gasteiger partial charge in [0.1, 0.15) is 11.6 Å². The van der Waals surface area contributed by atoms with Gasteiger partial charge in [0.05, 0.1) is 5.75 Å². The highest BCUT2D eigenvalue weighted by Crippen LogP contribution is 2.06. The van der Waals surface area contributed by atoms with Gasteiger partial charge in [-0.25, -0.2) is 12.8 Å². The number of rotatable bonds is 6. The van der Waals surface area contributed by atoms with Crippen molar-refractivity contribution < 1.29 is 17.6 Å². The van der Waals surface area contributed by atoms with Crippen LogP contribution in [0.2, 0.25) is 0 Å². The zero-order valence-electron chi connectivity index (χ0n) is 11.8. The SMILES string of the molecule is O=C(CS(=O)(=O)Cc1ccccc1)NCc1ccc(F)cc1.